The van der Waals surface area contributed by atoms with E-state index in [0.717, 1.165) is 29.7 Å². The maximum atomic E-state index is 5.92. The molecule has 98 valence electrons. The first-order valence-corrected chi connectivity index (χ1v) is 7.37. The molecule has 1 aromatic carbocycles. The number of hydrogen-bond acceptors (Lipinski definition) is 3. The van der Waals surface area contributed by atoms with Gasteiger partial charge >= 0.3 is 0 Å². The highest BCUT2D eigenvalue weighted by atomic mass is 79.9. The normalized spacial score (nSPS) is 14.4. The van der Waals surface area contributed by atoms with Crippen LogP contribution in [0.3, 0.4) is 0 Å². The van der Waals surface area contributed by atoms with Crippen LogP contribution in [0.25, 0.3) is 0 Å². The minimum atomic E-state index is 0.275. The molecule has 0 amide bonds. The Morgan fingerprint density at radius 2 is 2.21 bits per heavy atom. The molecule has 0 bridgehead atoms. The van der Waals surface area contributed by atoms with Crippen LogP contribution >= 0.6 is 27.5 Å². The van der Waals surface area contributed by atoms with Crippen LogP contribution in [0.4, 0.5) is 11.5 Å². The van der Waals surface area contributed by atoms with Gasteiger partial charge in [-0.3, -0.25) is 0 Å². The van der Waals surface area contributed by atoms with Crippen molar-refractivity contribution in [2.24, 2.45) is 0 Å². The average Bonchev–Trinajstić information content (AvgIpc) is 2.40. The van der Waals surface area contributed by atoms with Crippen molar-refractivity contribution in [3.05, 3.63) is 45.3 Å². The lowest BCUT2D eigenvalue weighted by atomic mass is 9.99. The summed E-state index contributed by atoms with van der Waals surface area (Å²) in [7, 11) is 0. The van der Waals surface area contributed by atoms with E-state index < -0.39 is 0 Å². The summed E-state index contributed by atoms with van der Waals surface area (Å²) in [5.41, 5.74) is 3.88. The fourth-order valence-electron chi connectivity index (χ4n) is 2.47. The fourth-order valence-corrected chi connectivity index (χ4v) is 3.01. The zero-order chi connectivity index (χ0) is 13.4. The summed E-state index contributed by atoms with van der Waals surface area (Å²) in [6.45, 7) is 3.07. The van der Waals surface area contributed by atoms with Crippen LogP contribution in [0.5, 0.6) is 0 Å². The van der Waals surface area contributed by atoms with Crippen LogP contribution in [0.1, 0.15) is 17.5 Å². The highest BCUT2D eigenvalue weighted by Crippen LogP contribution is 2.36. The van der Waals surface area contributed by atoms with Gasteiger partial charge in [-0.15, -0.1) is 0 Å². The van der Waals surface area contributed by atoms with Gasteiger partial charge in [0.05, 0.1) is 4.47 Å². The predicted molar refractivity (Wildman–Crippen MR) is 81.2 cm³/mol. The second-order valence-corrected chi connectivity index (χ2v) is 5.89. The third kappa shape index (κ3) is 2.47. The van der Waals surface area contributed by atoms with Crippen molar-refractivity contribution < 1.29 is 0 Å². The standard InChI is InChI=1S/C14H13BrClN3/c1-9-4-5-12-10(7-9)3-2-6-19(12)13-11(15)8-17-14(16)18-13/h4-5,7-8H,2-3,6H2,1H3. The Kier molecular flexibility index (Phi) is 3.46. The summed E-state index contributed by atoms with van der Waals surface area (Å²) in [4.78, 5) is 10.5. The number of aryl methyl sites for hydroxylation is 2. The minimum absolute atomic E-state index is 0.275. The van der Waals surface area contributed by atoms with E-state index in [2.05, 4.69) is 55.9 Å². The van der Waals surface area contributed by atoms with Crippen molar-refractivity contribution in [2.45, 2.75) is 19.8 Å². The third-order valence-electron chi connectivity index (χ3n) is 3.31. The highest BCUT2D eigenvalue weighted by molar-refractivity contribution is 9.10. The molecule has 0 unspecified atom stereocenters. The zero-order valence-electron chi connectivity index (χ0n) is 10.5. The molecule has 0 fully saturated rings. The average molecular weight is 339 g/mol. The summed E-state index contributed by atoms with van der Waals surface area (Å²) >= 11 is 9.43. The van der Waals surface area contributed by atoms with Gasteiger partial charge in [0.25, 0.3) is 0 Å². The van der Waals surface area contributed by atoms with Crippen LogP contribution in [-0.4, -0.2) is 16.5 Å². The fraction of sp³-hybridized carbons (Fsp3) is 0.286. The van der Waals surface area contributed by atoms with Gasteiger partial charge in [0.2, 0.25) is 5.28 Å². The molecule has 0 N–H and O–H groups in total. The molecule has 0 aliphatic carbocycles. The van der Waals surface area contributed by atoms with E-state index in [0.29, 0.717) is 0 Å². The van der Waals surface area contributed by atoms with Crippen molar-refractivity contribution in [2.75, 3.05) is 11.4 Å². The van der Waals surface area contributed by atoms with Crippen molar-refractivity contribution in [3.8, 4) is 0 Å². The van der Waals surface area contributed by atoms with Crippen molar-refractivity contribution >= 4 is 39.0 Å². The van der Waals surface area contributed by atoms with Crippen LogP contribution in [0.15, 0.2) is 28.9 Å². The topological polar surface area (TPSA) is 29.0 Å². The van der Waals surface area contributed by atoms with E-state index in [1.807, 2.05) is 0 Å². The van der Waals surface area contributed by atoms with Crippen LogP contribution < -0.4 is 4.90 Å². The SMILES string of the molecule is Cc1ccc2c(c1)CCCN2c1nc(Cl)ncc1Br. The smallest absolute Gasteiger partial charge is 0.224 e. The van der Waals surface area contributed by atoms with E-state index in [4.69, 9.17) is 11.6 Å². The molecule has 0 atom stereocenters. The van der Waals surface area contributed by atoms with Gasteiger partial charge in [-0.05, 0) is 58.9 Å². The van der Waals surface area contributed by atoms with Gasteiger partial charge in [-0.25, -0.2) is 4.98 Å². The third-order valence-corrected chi connectivity index (χ3v) is 4.05. The number of aromatic nitrogens is 2. The van der Waals surface area contributed by atoms with E-state index >= 15 is 0 Å². The van der Waals surface area contributed by atoms with Gasteiger partial charge in [-0.2, -0.15) is 4.98 Å². The molecule has 5 heteroatoms. The first-order valence-electron chi connectivity index (χ1n) is 6.20. The number of rotatable bonds is 1. The quantitative estimate of drug-likeness (QED) is 0.727. The lowest BCUT2D eigenvalue weighted by molar-refractivity contribution is 0.756. The first kappa shape index (κ1) is 12.9. The van der Waals surface area contributed by atoms with Gasteiger partial charge < -0.3 is 4.90 Å². The predicted octanol–water partition coefficient (Wildman–Crippen LogP) is 4.29. The number of anilines is 2. The largest absolute Gasteiger partial charge is 0.325 e. The molecular weight excluding hydrogens is 326 g/mol. The summed E-state index contributed by atoms with van der Waals surface area (Å²) in [6.07, 6.45) is 3.93. The molecule has 19 heavy (non-hydrogen) atoms. The summed E-state index contributed by atoms with van der Waals surface area (Å²) < 4.78 is 0.866. The Hall–Kier alpha value is -1.13. The summed E-state index contributed by atoms with van der Waals surface area (Å²) in [5.74, 6) is 0.838. The van der Waals surface area contributed by atoms with Gasteiger partial charge in [0, 0.05) is 18.4 Å². The van der Waals surface area contributed by atoms with Crippen molar-refractivity contribution in [3.63, 3.8) is 0 Å². The van der Waals surface area contributed by atoms with Crippen LogP contribution in [-0.2, 0) is 6.42 Å². The Bertz CT molecular complexity index is 630. The summed E-state index contributed by atoms with van der Waals surface area (Å²) in [5, 5.41) is 0.275. The molecule has 3 nitrogen and oxygen atoms in total. The second kappa shape index (κ2) is 5.10. The number of benzene rings is 1. The molecule has 1 aromatic heterocycles. The van der Waals surface area contributed by atoms with Gasteiger partial charge in [0.1, 0.15) is 0 Å². The maximum absolute atomic E-state index is 5.92. The molecule has 3 rings (SSSR count). The highest BCUT2D eigenvalue weighted by Gasteiger charge is 2.21. The van der Waals surface area contributed by atoms with Gasteiger partial charge in [-0.1, -0.05) is 17.7 Å². The number of nitrogens with zero attached hydrogens (tertiary/aromatic N) is 3. The molecule has 1 aliphatic rings. The summed E-state index contributed by atoms with van der Waals surface area (Å²) in [6, 6.07) is 6.54. The molecule has 0 saturated carbocycles. The lowest BCUT2D eigenvalue weighted by Gasteiger charge is -2.31. The van der Waals surface area contributed by atoms with Crippen LogP contribution in [0, 0.1) is 6.92 Å². The number of fused-ring (bicyclic) bond motifs is 1. The van der Waals surface area contributed by atoms with Crippen molar-refractivity contribution in [1.29, 1.82) is 0 Å². The van der Waals surface area contributed by atoms with Crippen LogP contribution in [0.2, 0.25) is 5.28 Å². The number of halogens is 2. The van der Waals surface area contributed by atoms with E-state index in [1.165, 1.54) is 16.8 Å². The van der Waals surface area contributed by atoms with E-state index in [-0.39, 0.29) is 5.28 Å². The minimum Gasteiger partial charge on any atom is -0.325 e. The zero-order valence-corrected chi connectivity index (χ0v) is 12.9. The molecule has 0 spiro atoms. The molecule has 2 heterocycles. The van der Waals surface area contributed by atoms with Gasteiger partial charge in [0.15, 0.2) is 5.82 Å². The Labute approximate surface area is 125 Å². The van der Waals surface area contributed by atoms with Crippen molar-refractivity contribution in [1.82, 2.24) is 9.97 Å². The molecule has 1 aliphatic heterocycles. The second-order valence-electron chi connectivity index (χ2n) is 4.70. The maximum Gasteiger partial charge on any atom is 0.224 e. The monoisotopic (exact) mass is 337 g/mol. The first-order chi connectivity index (χ1) is 9.15. The molecule has 2 aromatic rings. The molecule has 0 saturated heterocycles. The van der Waals surface area contributed by atoms with E-state index in [9.17, 15) is 0 Å². The molecule has 0 radical (unpaired) electrons. The lowest BCUT2D eigenvalue weighted by Crippen LogP contribution is -2.25. The Morgan fingerprint density at radius 3 is 3.05 bits per heavy atom. The Balaban J connectivity index is 2.11. The number of hydrogen-bond donors (Lipinski definition) is 0. The molecular formula is C14H13BrClN3. The van der Waals surface area contributed by atoms with E-state index in [1.54, 1.807) is 6.20 Å². The Morgan fingerprint density at radius 1 is 1.37 bits per heavy atom.